The summed E-state index contributed by atoms with van der Waals surface area (Å²) in [4.78, 5) is 40.3. The van der Waals surface area contributed by atoms with Crippen LogP contribution >= 0.6 is 0 Å². The van der Waals surface area contributed by atoms with Crippen molar-refractivity contribution in [3.8, 4) is 0 Å². The molecule has 0 atom stereocenters. The molecule has 24 heavy (non-hydrogen) atoms. The Balaban J connectivity index is 1.62. The van der Waals surface area contributed by atoms with E-state index in [1.807, 2.05) is 4.90 Å². The second-order valence-electron chi connectivity index (χ2n) is 6.39. The number of piperazine rings is 1. The summed E-state index contributed by atoms with van der Waals surface area (Å²) >= 11 is 0. The fourth-order valence-electron chi connectivity index (χ4n) is 3.08. The average molecular weight is 333 g/mol. The number of H-pyrrole nitrogens is 1. The zero-order chi connectivity index (χ0) is 17.3. The van der Waals surface area contributed by atoms with Gasteiger partial charge < -0.3 is 14.4 Å². The molecule has 130 valence electrons. The number of nitrogens with zero attached hydrogens (tertiary/aromatic N) is 4. The molecule has 8 heteroatoms. The van der Waals surface area contributed by atoms with Gasteiger partial charge in [-0.15, -0.1) is 0 Å². The molecule has 0 saturated carbocycles. The Labute approximate surface area is 139 Å². The number of carbonyl (C=O) groups excluding carboxylic acids is 1. The highest BCUT2D eigenvalue weighted by Gasteiger charge is 2.18. The van der Waals surface area contributed by atoms with E-state index in [9.17, 15) is 14.4 Å². The Bertz CT molecular complexity index is 855. The number of aryl methyl sites for hydroxylation is 2. The number of rotatable bonds is 4. The van der Waals surface area contributed by atoms with E-state index < -0.39 is 0 Å². The Hall–Kier alpha value is -2.35. The van der Waals surface area contributed by atoms with Gasteiger partial charge in [0.15, 0.2) is 0 Å². The summed E-state index contributed by atoms with van der Waals surface area (Å²) in [5, 5.41) is 3.12. The largest absolute Gasteiger partial charge is 0.340 e. The Morgan fingerprint density at radius 1 is 1.17 bits per heavy atom. The average Bonchev–Trinajstić information content (AvgIpc) is 2.82. The third-order valence-electron chi connectivity index (χ3n) is 4.63. The third kappa shape index (κ3) is 3.28. The van der Waals surface area contributed by atoms with E-state index in [0.29, 0.717) is 30.3 Å². The van der Waals surface area contributed by atoms with Crippen LogP contribution in [0.2, 0.25) is 0 Å². The van der Waals surface area contributed by atoms with Gasteiger partial charge in [0, 0.05) is 58.5 Å². The van der Waals surface area contributed by atoms with Crippen molar-refractivity contribution in [1.82, 2.24) is 24.1 Å². The third-order valence-corrected chi connectivity index (χ3v) is 4.63. The Kier molecular flexibility index (Phi) is 4.57. The SMILES string of the molecule is CN1CCN(C(=O)CCCn2cc3c(=O)[nH]n(C)c3cc2=O)CC1. The van der Waals surface area contributed by atoms with Crippen LogP contribution in [0, 0.1) is 0 Å². The monoisotopic (exact) mass is 333 g/mol. The van der Waals surface area contributed by atoms with Crippen LogP contribution in [0.1, 0.15) is 12.8 Å². The van der Waals surface area contributed by atoms with Gasteiger partial charge in [-0.25, -0.2) is 0 Å². The molecule has 0 spiro atoms. The number of aromatic nitrogens is 3. The minimum atomic E-state index is -0.213. The predicted molar refractivity (Wildman–Crippen MR) is 91.1 cm³/mol. The molecule has 1 fully saturated rings. The fraction of sp³-hybridized carbons (Fsp3) is 0.562. The number of pyridine rings is 1. The minimum absolute atomic E-state index is 0.134. The van der Waals surface area contributed by atoms with Crippen LogP contribution in [0.15, 0.2) is 21.9 Å². The lowest BCUT2D eigenvalue weighted by atomic mass is 10.2. The minimum Gasteiger partial charge on any atom is -0.340 e. The number of carbonyl (C=O) groups is 1. The Morgan fingerprint density at radius 3 is 2.58 bits per heavy atom. The van der Waals surface area contributed by atoms with Crippen LogP contribution in [0.5, 0.6) is 0 Å². The van der Waals surface area contributed by atoms with E-state index in [4.69, 9.17) is 0 Å². The molecule has 3 rings (SSSR count). The summed E-state index contributed by atoms with van der Waals surface area (Å²) in [6, 6.07) is 1.45. The van der Waals surface area contributed by atoms with Crippen molar-refractivity contribution in [1.29, 1.82) is 0 Å². The molecule has 0 aliphatic carbocycles. The molecule has 0 unspecified atom stereocenters. The van der Waals surface area contributed by atoms with Crippen molar-refractivity contribution >= 4 is 16.8 Å². The second kappa shape index (κ2) is 6.64. The molecule has 1 aliphatic heterocycles. The van der Waals surface area contributed by atoms with Crippen molar-refractivity contribution in [3.05, 3.63) is 33.0 Å². The fourth-order valence-corrected chi connectivity index (χ4v) is 3.08. The van der Waals surface area contributed by atoms with Gasteiger partial charge in [-0.3, -0.25) is 24.2 Å². The van der Waals surface area contributed by atoms with Gasteiger partial charge >= 0.3 is 0 Å². The topological polar surface area (TPSA) is 83.3 Å². The molecule has 3 heterocycles. The highest BCUT2D eigenvalue weighted by atomic mass is 16.2. The maximum atomic E-state index is 12.2. The molecule has 8 nitrogen and oxygen atoms in total. The first-order chi connectivity index (χ1) is 11.5. The number of fused-ring (bicyclic) bond motifs is 1. The lowest BCUT2D eigenvalue weighted by Crippen LogP contribution is -2.47. The molecular formula is C16H23N5O3. The van der Waals surface area contributed by atoms with Crippen molar-refractivity contribution in [2.75, 3.05) is 33.2 Å². The lowest BCUT2D eigenvalue weighted by Gasteiger charge is -2.32. The molecule has 2 aromatic rings. The first-order valence-corrected chi connectivity index (χ1v) is 8.21. The van der Waals surface area contributed by atoms with E-state index in [0.717, 1.165) is 26.2 Å². The van der Waals surface area contributed by atoms with Gasteiger partial charge in [-0.05, 0) is 13.5 Å². The molecule has 1 aliphatic rings. The zero-order valence-corrected chi connectivity index (χ0v) is 14.1. The molecule has 2 aromatic heterocycles. The number of aromatic amines is 1. The zero-order valence-electron chi connectivity index (χ0n) is 14.1. The maximum absolute atomic E-state index is 12.2. The molecule has 1 saturated heterocycles. The first-order valence-electron chi connectivity index (χ1n) is 8.21. The molecule has 0 radical (unpaired) electrons. The Morgan fingerprint density at radius 2 is 1.88 bits per heavy atom. The highest BCUT2D eigenvalue weighted by Crippen LogP contribution is 2.07. The molecule has 1 amide bonds. The van der Waals surface area contributed by atoms with Gasteiger partial charge in [-0.2, -0.15) is 0 Å². The van der Waals surface area contributed by atoms with E-state index in [1.165, 1.54) is 10.6 Å². The van der Waals surface area contributed by atoms with Crippen molar-refractivity contribution in [2.24, 2.45) is 7.05 Å². The van der Waals surface area contributed by atoms with Crippen LogP contribution in [0.25, 0.3) is 10.9 Å². The van der Waals surface area contributed by atoms with Gasteiger partial charge in [-0.1, -0.05) is 0 Å². The highest BCUT2D eigenvalue weighted by molar-refractivity contribution is 5.77. The molecule has 0 bridgehead atoms. The van der Waals surface area contributed by atoms with Crippen LogP contribution in [-0.2, 0) is 18.4 Å². The summed E-state index contributed by atoms with van der Waals surface area (Å²) in [5.74, 6) is 0.134. The normalized spacial score (nSPS) is 16.0. The molecule has 1 N–H and O–H groups in total. The van der Waals surface area contributed by atoms with Crippen LogP contribution in [-0.4, -0.2) is 63.3 Å². The second-order valence-corrected chi connectivity index (χ2v) is 6.39. The van der Waals surface area contributed by atoms with Crippen molar-refractivity contribution in [2.45, 2.75) is 19.4 Å². The summed E-state index contributed by atoms with van der Waals surface area (Å²) in [6.07, 6.45) is 2.58. The van der Waals surface area contributed by atoms with E-state index >= 15 is 0 Å². The van der Waals surface area contributed by atoms with E-state index in [-0.39, 0.29) is 17.0 Å². The molecule has 0 aromatic carbocycles. The van der Waals surface area contributed by atoms with Crippen LogP contribution in [0.3, 0.4) is 0 Å². The lowest BCUT2D eigenvalue weighted by molar-refractivity contribution is -0.132. The summed E-state index contributed by atoms with van der Waals surface area (Å²) in [6.45, 7) is 3.77. The van der Waals surface area contributed by atoms with Gasteiger partial charge in [0.25, 0.3) is 11.1 Å². The van der Waals surface area contributed by atoms with Gasteiger partial charge in [0.2, 0.25) is 5.91 Å². The van der Waals surface area contributed by atoms with Gasteiger partial charge in [0.1, 0.15) is 0 Å². The number of likely N-dealkylation sites (N-methyl/N-ethyl adjacent to an activating group) is 1. The number of nitrogens with one attached hydrogen (secondary N) is 1. The van der Waals surface area contributed by atoms with Gasteiger partial charge in [0.05, 0.1) is 10.9 Å². The maximum Gasteiger partial charge on any atom is 0.273 e. The summed E-state index contributed by atoms with van der Waals surface area (Å²) < 4.78 is 3.05. The van der Waals surface area contributed by atoms with Crippen LogP contribution < -0.4 is 11.1 Å². The standard InChI is InChI=1S/C16H23N5O3/c1-18-6-8-20(9-7-18)14(22)4-3-5-21-11-12-13(10-15(21)23)19(2)17-16(12)24/h10-11H,3-9H2,1-2H3,(H,17,24). The van der Waals surface area contributed by atoms with Crippen molar-refractivity contribution in [3.63, 3.8) is 0 Å². The van der Waals surface area contributed by atoms with E-state index in [1.54, 1.807) is 17.9 Å². The predicted octanol–water partition coefficient (Wildman–Crippen LogP) is -0.417. The smallest absolute Gasteiger partial charge is 0.273 e. The summed E-state index contributed by atoms with van der Waals surface area (Å²) in [7, 11) is 3.75. The first kappa shape index (κ1) is 16.5. The number of hydrogen-bond donors (Lipinski definition) is 1. The number of hydrogen-bond acceptors (Lipinski definition) is 4. The number of amides is 1. The summed E-state index contributed by atoms with van der Waals surface area (Å²) in [5.41, 5.74) is 0.216. The quantitative estimate of drug-likeness (QED) is 0.824. The van der Waals surface area contributed by atoms with Crippen molar-refractivity contribution < 1.29 is 4.79 Å². The molecular weight excluding hydrogens is 310 g/mol. The van der Waals surface area contributed by atoms with E-state index in [2.05, 4.69) is 17.0 Å². The van der Waals surface area contributed by atoms with Crippen LogP contribution in [0.4, 0.5) is 0 Å².